The molecule has 1 amide bonds. The van der Waals surface area contributed by atoms with Crippen molar-refractivity contribution in [1.82, 2.24) is 0 Å². The molecular formula is C22H26FNO4. The summed E-state index contributed by atoms with van der Waals surface area (Å²) in [5, 5.41) is 0. The van der Waals surface area contributed by atoms with Gasteiger partial charge in [0.05, 0.1) is 5.69 Å². The molecule has 0 aromatic heterocycles. The van der Waals surface area contributed by atoms with Crippen LogP contribution in [-0.4, -0.2) is 29.8 Å². The monoisotopic (exact) mass is 387 g/mol. The largest absolute Gasteiger partial charge is 0.458 e. The first kappa shape index (κ1) is 19.1. The van der Waals surface area contributed by atoms with Crippen LogP contribution < -0.4 is 4.90 Å². The molecule has 3 aliphatic rings. The maximum absolute atomic E-state index is 14.6. The smallest absolute Gasteiger partial charge is 0.313 e. The number of aryl methyl sites for hydroxylation is 1. The second-order valence-corrected chi connectivity index (χ2v) is 8.35. The number of hydrogen-bond donors (Lipinski definition) is 0. The molecule has 1 atom stereocenters. The highest BCUT2D eigenvalue weighted by molar-refractivity contribution is 5.98. The molecule has 28 heavy (non-hydrogen) atoms. The topological polar surface area (TPSA) is 63.7 Å². The molecule has 1 unspecified atom stereocenters. The van der Waals surface area contributed by atoms with E-state index in [1.165, 1.54) is 11.0 Å². The van der Waals surface area contributed by atoms with Crippen LogP contribution in [0.15, 0.2) is 18.2 Å². The summed E-state index contributed by atoms with van der Waals surface area (Å²) in [6.07, 6.45) is 6.51. The van der Waals surface area contributed by atoms with Gasteiger partial charge in [-0.05, 0) is 55.7 Å². The van der Waals surface area contributed by atoms with Gasteiger partial charge in [-0.25, -0.2) is 4.39 Å². The summed E-state index contributed by atoms with van der Waals surface area (Å²) in [5.74, 6) is -0.736. The second-order valence-electron chi connectivity index (χ2n) is 8.35. The Kier molecular flexibility index (Phi) is 5.21. The van der Waals surface area contributed by atoms with Crippen LogP contribution in [-0.2, 0) is 25.5 Å². The van der Waals surface area contributed by atoms with E-state index in [-0.39, 0.29) is 30.4 Å². The van der Waals surface area contributed by atoms with Crippen LogP contribution in [0.5, 0.6) is 0 Å². The van der Waals surface area contributed by atoms with Crippen molar-refractivity contribution in [2.24, 2.45) is 5.92 Å². The Labute approximate surface area is 164 Å². The first-order chi connectivity index (χ1) is 13.5. The van der Waals surface area contributed by atoms with Crippen molar-refractivity contribution in [3.05, 3.63) is 29.6 Å². The number of carbonyl (C=O) groups is 3. The SMILES string of the molecule is O=C1CC(=O)OC(CCc2ccc(N3CCCC3=O)c(F)c2)(C2CCCC2)C1. The van der Waals surface area contributed by atoms with Gasteiger partial charge in [0.15, 0.2) is 0 Å². The average Bonchev–Trinajstić information content (AvgIpc) is 3.32. The average molecular weight is 387 g/mol. The number of carbonyl (C=O) groups excluding carboxylic acids is 3. The first-order valence-corrected chi connectivity index (χ1v) is 10.3. The van der Waals surface area contributed by atoms with Gasteiger partial charge < -0.3 is 9.64 Å². The summed E-state index contributed by atoms with van der Waals surface area (Å²) in [6.45, 7) is 0.554. The lowest BCUT2D eigenvalue weighted by Gasteiger charge is -2.41. The minimum absolute atomic E-state index is 0.0422. The number of nitrogens with zero attached hydrogens (tertiary/aromatic N) is 1. The van der Waals surface area contributed by atoms with E-state index in [2.05, 4.69) is 0 Å². The molecule has 0 radical (unpaired) electrons. The summed E-state index contributed by atoms with van der Waals surface area (Å²) in [5.41, 5.74) is 0.374. The minimum Gasteiger partial charge on any atom is -0.458 e. The molecule has 0 N–H and O–H groups in total. The maximum atomic E-state index is 14.6. The summed E-state index contributed by atoms with van der Waals surface area (Å²) in [6, 6.07) is 4.96. The molecule has 0 bridgehead atoms. The van der Waals surface area contributed by atoms with Crippen molar-refractivity contribution in [2.75, 3.05) is 11.4 Å². The van der Waals surface area contributed by atoms with Crippen LogP contribution in [0.25, 0.3) is 0 Å². The van der Waals surface area contributed by atoms with Crippen LogP contribution in [0.1, 0.15) is 63.4 Å². The summed E-state index contributed by atoms with van der Waals surface area (Å²) in [4.78, 5) is 37.5. The zero-order valence-corrected chi connectivity index (χ0v) is 16.0. The minimum atomic E-state index is -0.747. The molecular weight excluding hydrogens is 361 g/mol. The lowest BCUT2D eigenvalue weighted by molar-refractivity contribution is -0.178. The molecule has 150 valence electrons. The quantitative estimate of drug-likeness (QED) is 0.571. The highest BCUT2D eigenvalue weighted by Crippen LogP contribution is 2.44. The van der Waals surface area contributed by atoms with Gasteiger partial charge >= 0.3 is 5.97 Å². The van der Waals surface area contributed by atoms with Crippen LogP contribution in [0.2, 0.25) is 0 Å². The number of cyclic esters (lactones) is 1. The third-order valence-electron chi connectivity index (χ3n) is 6.47. The summed E-state index contributed by atoms with van der Waals surface area (Å²) in [7, 11) is 0. The maximum Gasteiger partial charge on any atom is 0.313 e. The number of ketones is 1. The number of benzene rings is 1. The van der Waals surface area contributed by atoms with E-state index in [1.807, 2.05) is 6.07 Å². The van der Waals surface area contributed by atoms with E-state index in [0.29, 0.717) is 31.5 Å². The van der Waals surface area contributed by atoms with Crippen LogP contribution in [0.4, 0.5) is 10.1 Å². The van der Waals surface area contributed by atoms with Crippen molar-refractivity contribution in [2.45, 2.75) is 69.8 Å². The van der Waals surface area contributed by atoms with Gasteiger partial charge in [0, 0.05) is 19.4 Å². The first-order valence-electron chi connectivity index (χ1n) is 10.3. The number of halogens is 1. The molecule has 4 rings (SSSR count). The lowest BCUT2D eigenvalue weighted by Crippen LogP contribution is -2.48. The van der Waals surface area contributed by atoms with Crippen molar-refractivity contribution in [1.29, 1.82) is 0 Å². The normalized spacial score (nSPS) is 26.2. The van der Waals surface area contributed by atoms with Gasteiger partial charge in [-0.2, -0.15) is 0 Å². The third kappa shape index (κ3) is 3.69. The van der Waals surface area contributed by atoms with Crippen LogP contribution in [0, 0.1) is 11.7 Å². The fourth-order valence-corrected chi connectivity index (χ4v) is 5.06. The number of rotatable bonds is 5. The number of esters is 1. The zero-order chi connectivity index (χ0) is 19.7. The molecule has 1 aromatic carbocycles. The Morgan fingerprint density at radius 2 is 1.93 bits per heavy atom. The molecule has 5 nitrogen and oxygen atoms in total. The highest BCUT2D eigenvalue weighted by Gasteiger charge is 2.47. The standard InChI is InChI=1S/C22H26FNO4/c23-18-12-15(7-8-19(18)24-11-3-6-20(24)26)9-10-22(16-4-1-2-5-16)14-17(25)13-21(27)28-22/h7-8,12,16H,1-6,9-11,13-14H2. The molecule has 1 aromatic rings. The van der Waals surface area contributed by atoms with Gasteiger partial charge in [-0.1, -0.05) is 18.9 Å². The molecule has 0 spiro atoms. The molecule has 1 aliphatic carbocycles. The fourth-order valence-electron chi connectivity index (χ4n) is 5.06. The molecule has 2 aliphatic heterocycles. The predicted octanol–water partition coefficient (Wildman–Crippen LogP) is 3.72. The Balaban J connectivity index is 1.51. The van der Waals surface area contributed by atoms with E-state index in [4.69, 9.17) is 4.74 Å². The van der Waals surface area contributed by atoms with Crippen LogP contribution >= 0.6 is 0 Å². The number of amides is 1. The van der Waals surface area contributed by atoms with Crippen molar-refractivity contribution in [3.8, 4) is 0 Å². The molecule has 2 saturated heterocycles. The Morgan fingerprint density at radius 1 is 1.14 bits per heavy atom. The molecule has 3 fully saturated rings. The number of hydrogen-bond acceptors (Lipinski definition) is 4. The predicted molar refractivity (Wildman–Crippen MR) is 101 cm³/mol. The van der Waals surface area contributed by atoms with Gasteiger partial charge in [-0.15, -0.1) is 0 Å². The number of anilines is 1. The number of ether oxygens (including phenoxy) is 1. The fraction of sp³-hybridized carbons (Fsp3) is 0.591. The summed E-state index contributed by atoms with van der Waals surface area (Å²) < 4.78 is 20.4. The van der Waals surface area contributed by atoms with Crippen molar-refractivity contribution >= 4 is 23.3 Å². The molecule has 6 heteroatoms. The van der Waals surface area contributed by atoms with E-state index in [1.54, 1.807) is 6.07 Å². The van der Waals surface area contributed by atoms with Gasteiger partial charge in [-0.3, -0.25) is 14.4 Å². The van der Waals surface area contributed by atoms with Crippen molar-refractivity contribution in [3.63, 3.8) is 0 Å². The molecule has 1 saturated carbocycles. The van der Waals surface area contributed by atoms with E-state index >= 15 is 0 Å². The highest BCUT2D eigenvalue weighted by atomic mass is 19.1. The Morgan fingerprint density at radius 3 is 2.57 bits per heavy atom. The molecule has 2 heterocycles. The van der Waals surface area contributed by atoms with E-state index in [9.17, 15) is 18.8 Å². The van der Waals surface area contributed by atoms with Crippen molar-refractivity contribution < 1.29 is 23.5 Å². The number of Topliss-reactive ketones (excluding diaryl/α,β-unsaturated/α-hetero) is 1. The van der Waals surface area contributed by atoms with Crippen LogP contribution in [0.3, 0.4) is 0 Å². The van der Waals surface area contributed by atoms with E-state index < -0.39 is 17.4 Å². The zero-order valence-electron chi connectivity index (χ0n) is 16.0. The van der Waals surface area contributed by atoms with Gasteiger partial charge in [0.25, 0.3) is 0 Å². The summed E-state index contributed by atoms with van der Waals surface area (Å²) >= 11 is 0. The Bertz CT molecular complexity index is 784. The van der Waals surface area contributed by atoms with Gasteiger partial charge in [0.2, 0.25) is 5.91 Å². The van der Waals surface area contributed by atoms with Gasteiger partial charge in [0.1, 0.15) is 23.6 Å². The third-order valence-corrected chi connectivity index (χ3v) is 6.47. The lowest BCUT2D eigenvalue weighted by atomic mass is 9.76. The Hall–Kier alpha value is -2.24. The van der Waals surface area contributed by atoms with E-state index in [0.717, 1.165) is 37.7 Å². The second kappa shape index (κ2) is 7.64.